The molecule has 2 heterocycles. The summed E-state index contributed by atoms with van der Waals surface area (Å²) in [5.74, 6) is 0.295. The number of aromatic amines is 1. The molecule has 0 saturated carbocycles. The fraction of sp³-hybridized carbons (Fsp3) is 0.286. The second kappa shape index (κ2) is 5.76. The minimum atomic E-state index is -3.79. The molecule has 0 unspecified atom stereocenters. The van der Waals surface area contributed by atoms with Crippen LogP contribution in [0.5, 0.6) is 0 Å². The van der Waals surface area contributed by atoms with E-state index in [0.29, 0.717) is 29.2 Å². The third-order valence-corrected chi connectivity index (χ3v) is 4.72. The molecule has 0 aliphatic carbocycles. The number of hydrogen-bond donors (Lipinski definition) is 2. The molecule has 1 aliphatic rings. The third kappa shape index (κ3) is 2.85. The van der Waals surface area contributed by atoms with E-state index in [2.05, 4.69) is 10.2 Å². The van der Waals surface area contributed by atoms with Gasteiger partial charge in [0.2, 0.25) is 5.91 Å². The van der Waals surface area contributed by atoms with Crippen molar-refractivity contribution < 1.29 is 13.2 Å². The van der Waals surface area contributed by atoms with Crippen molar-refractivity contribution >= 4 is 27.6 Å². The van der Waals surface area contributed by atoms with E-state index in [1.807, 2.05) is 18.2 Å². The van der Waals surface area contributed by atoms with E-state index in [9.17, 15) is 13.2 Å². The van der Waals surface area contributed by atoms with Crippen LogP contribution in [0.2, 0.25) is 0 Å². The van der Waals surface area contributed by atoms with Crippen molar-refractivity contribution in [1.82, 2.24) is 14.5 Å². The summed E-state index contributed by atoms with van der Waals surface area (Å²) in [5.41, 5.74) is 2.01. The first-order valence-corrected chi connectivity index (χ1v) is 8.64. The molecule has 0 radical (unpaired) electrons. The molecule has 0 saturated heterocycles. The van der Waals surface area contributed by atoms with E-state index >= 15 is 0 Å². The van der Waals surface area contributed by atoms with Gasteiger partial charge < -0.3 is 0 Å². The Morgan fingerprint density at radius 2 is 2.04 bits per heavy atom. The van der Waals surface area contributed by atoms with Crippen LogP contribution in [0.15, 0.2) is 30.3 Å². The van der Waals surface area contributed by atoms with Crippen LogP contribution >= 0.6 is 0 Å². The molecule has 0 bridgehead atoms. The van der Waals surface area contributed by atoms with Gasteiger partial charge in [-0.05, 0) is 12.1 Å². The standard InChI is InChI=1S/C14H17N5O3S/c1-2-13(20)19(10-6-4-3-5-7-10)14-11-8-18(23(15,21)22)9-12(11)16-17-14/h3-7H,2,8-9H2,1H3,(H,16,17)(H2,15,21,22). The van der Waals surface area contributed by atoms with E-state index in [1.54, 1.807) is 19.1 Å². The third-order valence-electron chi connectivity index (χ3n) is 3.74. The summed E-state index contributed by atoms with van der Waals surface area (Å²) in [6.45, 7) is 1.99. The van der Waals surface area contributed by atoms with Crippen LogP contribution in [-0.4, -0.2) is 28.8 Å². The van der Waals surface area contributed by atoms with E-state index in [-0.39, 0.29) is 19.0 Å². The molecule has 8 nitrogen and oxygen atoms in total. The Morgan fingerprint density at radius 1 is 1.35 bits per heavy atom. The summed E-state index contributed by atoms with van der Waals surface area (Å²) >= 11 is 0. The maximum Gasteiger partial charge on any atom is 0.277 e. The number of anilines is 2. The second-order valence-corrected chi connectivity index (χ2v) is 6.78. The number of nitrogens with two attached hydrogens (primary N) is 1. The molecule has 3 rings (SSSR count). The van der Waals surface area contributed by atoms with E-state index < -0.39 is 10.2 Å². The van der Waals surface area contributed by atoms with E-state index in [0.717, 1.165) is 4.31 Å². The predicted octanol–water partition coefficient (Wildman–Crippen LogP) is 1.00. The smallest absolute Gasteiger partial charge is 0.277 e. The lowest BCUT2D eigenvalue weighted by atomic mass is 10.2. The number of para-hydroxylation sites is 1. The lowest BCUT2D eigenvalue weighted by Crippen LogP contribution is -2.33. The first kappa shape index (κ1) is 15.7. The molecule has 0 spiro atoms. The lowest BCUT2D eigenvalue weighted by Gasteiger charge is -2.21. The zero-order chi connectivity index (χ0) is 16.6. The van der Waals surface area contributed by atoms with Gasteiger partial charge in [-0.15, -0.1) is 0 Å². The summed E-state index contributed by atoms with van der Waals surface area (Å²) in [5, 5.41) is 12.2. The number of nitrogens with zero attached hydrogens (tertiary/aromatic N) is 3. The summed E-state index contributed by atoms with van der Waals surface area (Å²) in [4.78, 5) is 13.9. The maximum absolute atomic E-state index is 12.4. The van der Waals surface area contributed by atoms with Gasteiger partial charge in [-0.3, -0.25) is 14.8 Å². The van der Waals surface area contributed by atoms with Crippen LogP contribution in [-0.2, 0) is 28.1 Å². The van der Waals surface area contributed by atoms with E-state index in [1.165, 1.54) is 4.90 Å². The molecule has 9 heteroatoms. The molecule has 0 atom stereocenters. The topological polar surface area (TPSA) is 112 Å². The summed E-state index contributed by atoms with van der Waals surface area (Å²) < 4.78 is 24.2. The van der Waals surface area contributed by atoms with Gasteiger partial charge in [0, 0.05) is 18.5 Å². The van der Waals surface area contributed by atoms with Crippen molar-refractivity contribution in [2.24, 2.45) is 5.14 Å². The lowest BCUT2D eigenvalue weighted by molar-refractivity contribution is -0.117. The highest BCUT2D eigenvalue weighted by Crippen LogP contribution is 2.34. The molecule has 1 aromatic heterocycles. The zero-order valence-electron chi connectivity index (χ0n) is 12.6. The number of amides is 1. The first-order chi connectivity index (χ1) is 10.9. The monoisotopic (exact) mass is 335 g/mol. The fourth-order valence-corrected chi connectivity index (χ4v) is 3.20. The van der Waals surface area contributed by atoms with Crippen LogP contribution in [0.25, 0.3) is 0 Å². The Labute approximate surface area is 134 Å². The van der Waals surface area contributed by atoms with Gasteiger partial charge in [-0.25, -0.2) is 5.14 Å². The number of carbonyl (C=O) groups excluding carboxylic acids is 1. The number of aromatic nitrogens is 2. The highest BCUT2D eigenvalue weighted by molar-refractivity contribution is 7.86. The number of rotatable bonds is 4. The van der Waals surface area contributed by atoms with Crippen molar-refractivity contribution in [3.05, 3.63) is 41.6 Å². The highest BCUT2D eigenvalue weighted by Gasteiger charge is 2.34. The number of fused-ring (bicyclic) bond motifs is 1. The molecule has 0 fully saturated rings. The summed E-state index contributed by atoms with van der Waals surface area (Å²) in [7, 11) is -3.79. The van der Waals surface area contributed by atoms with Crippen LogP contribution in [0, 0.1) is 0 Å². The highest BCUT2D eigenvalue weighted by atomic mass is 32.2. The molecule has 1 aromatic carbocycles. The Kier molecular flexibility index (Phi) is 3.92. The number of hydrogen-bond acceptors (Lipinski definition) is 4. The predicted molar refractivity (Wildman–Crippen MR) is 84.8 cm³/mol. The average Bonchev–Trinajstić information content (AvgIpc) is 3.10. The molecule has 2 aromatic rings. The van der Waals surface area contributed by atoms with Crippen LogP contribution in [0.3, 0.4) is 0 Å². The average molecular weight is 335 g/mol. The second-order valence-electron chi connectivity index (χ2n) is 5.24. The number of carbonyl (C=O) groups is 1. The van der Waals surface area contributed by atoms with Gasteiger partial charge in [0.05, 0.1) is 17.9 Å². The quantitative estimate of drug-likeness (QED) is 0.868. The van der Waals surface area contributed by atoms with Crippen LogP contribution in [0.4, 0.5) is 11.5 Å². The Morgan fingerprint density at radius 3 is 2.65 bits per heavy atom. The first-order valence-electron chi connectivity index (χ1n) is 7.13. The van der Waals surface area contributed by atoms with Gasteiger partial charge >= 0.3 is 0 Å². The van der Waals surface area contributed by atoms with Crippen molar-refractivity contribution in [2.45, 2.75) is 26.4 Å². The minimum Gasteiger partial charge on any atom is -0.279 e. The Balaban J connectivity index is 2.03. The molecule has 23 heavy (non-hydrogen) atoms. The Bertz CT molecular complexity index is 831. The normalized spacial score (nSPS) is 14.7. The number of H-pyrrole nitrogens is 1. The van der Waals surface area contributed by atoms with Crippen molar-refractivity contribution in [2.75, 3.05) is 4.90 Å². The van der Waals surface area contributed by atoms with Gasteiger partial charge in [0.15, 0.2) is 5.82 Å². The van der Waals surface area contributed by atoms with Crippen molar-refractivity contribution in [3.8, 4) is 0 Å². The maximum atomic E-state index is 12.4. The van der Waals surface area contributed by atoms with Gasteiger partial charge in [0.25, 0.3) is 10.2 Å². The zero-order valence-corrected chi connectivity index (χ0v) is 13.4. The minimum absolute atomic E-state index is 0.0975. The van der Waals surface area contributed by atoms with Crippen LogP contribution < -0.4 is 10.0 Å². The molecule has 1 amide bonds. The molecule has 3 N–H and O–H groups in total. The molecule has 1 aliphatic heterocycles. The van der Waals surface area contributed by atoms with Gasteiger partial charge in [-0.1, -0.05) is 25.1 Å². The van der Waals surface area contributed by atoms with Crippen molar-refractivity contribution in [3.63, 3.8) is 0 Å². The largest absolute Gasteiger partial charge is 0.279 e. The summed E-state index contributed by atoms with van der Waals surface area (Å²) in [6.07, 6.45) is 0.301. The van der Waals surface area contributed by atoms with Gasteiger partial charge in [0.1, 0.15) is 0 Å². The number of nitrogens with one attached hydrogen (secondary N) is 1. The molecular weight excluding hydrogens is 318 g/mol. The SMILES string of the molecule is CCC(=O)N(c1ccccc1)c1n[nH]c2c1CN(S(N)(=O)=O)C2. The summed E-state index contributed by atoms with van der Waals surface area (Å²) in [6, 6.07) is 9.13. The van der Waals surface area contributed by atoms with Crippen molar-refractivity contribution in [1.29, 1.82) is 0 Å². The van der Waals surface area contributed by atoms with Gasteiger partial charge in [-0.2, -0.15) is 17.8 Å². The molecule has 122 valence electrons. The molecular formula is C14H17N5O3S. The van der Waals surface area contributed by atoms with Crippen LogP contribution in [0.1, 0.15) is 24.6 Å². The fourth-order valence-electron chi connectivity index (χ4n) is 2.58. The van der Waals surface area contributed by atoms with E-state index in [4.69, 9.17) is 5.14 Å². The number of benzene rings is 1. The Hall–Kier alpha value is -2.23.